The second kappa shape index (κ2) is 9.02. The first kappa shape index (κ1) is 23.9. The van der Waals surface area contributed by atoms with E-state index in [1.165, 1.54) is 21.9 Å². The van der Waals surface area contributed by atoms with Crippen LogP contribution in [0.1, 0.15) is 52.7 Å². The average molecular weight is 471 g/mol. The Morgan fingerprint density at radius 1 is 0.528 bits per heavy atom. The van der Waals surface area contributed by atoms with Crippen molar-refractivity contribution < 1.29 is 0 Å². The van der Waals surface area contributed by atoms with E-state index in [2.05, 4.69) is 133 Å². The normalized spacial score (nSPS) is 12.2. The fourth-order valence-electron chi connectivity index (χ4n) is 4.60. The molecular weight excluding hydrogens is 436 g/mol. The molecule has 0 aliphatic carbocycles. The number of aromatic nitrogens is 2. The minimum Gasteiger partial charge on any atom is -0.256 e. The number of nitrogens with zero attached hydrogens (tertiary/aromatic N) is 2. The van der Waals surface area contributed by atoms with Crippen molar-refractivity contribution in [1.29, 1.82) is 0 Å². The summed E-state index contributed by atoms with van der Waals surface area (Å²) < 4.78 is 0. The Labute approximate surface area is 215 Å². The van der Waals surface area contributed by atoms with Crippen LogP contribution >= 0.6 is 0 Å². The van der Waals surface area contributed by atoms with Gasteiger partial charge in [0, 0.05) is 22.9 Å². The Morgan fingerprint density at radius 3 is 1.97 bits per heavy atom. The number of benzene rings is 3. The predicted molar refractivity (Wildman–Crippen MR) is 153 cm³/mol. The molecule has 180 valence electrons. The third-order valence-corrected chi connectivity index (χ3v) is 6.85. The highest BCUT2D eigenvalue weighted by atomic mass is 14.7. The molecule has 0 aliphatic heterocycles. The molecule has 5 rings (SSSR count). The van der Waals surface area contributed by atoms with Gasteiger partial charge in [-0.25, -0.2) is 4.98 Å². The van der Waals surface area contributed by atoms with Crippen molar-refractivity contribution in [1.82, 2.24) is 9.97 Å². The molecule has 0 spiro atoms. The molecule has 0 unspecified atom stereocenters. The molecule has 0 fully saturated rings. The molecule has 0 atom stereocenters. The predicted octanol–water partition coefficient (Wildman–Crippen LogP) is 9.23. The van der Waals surface area contributed by atoms with Crippen LogP contribution < -0.4 is 0 Å². The monoisotopic (exact) mass is 470 g/mol. The van der Waals surface area contributed by atoms with Crippen LogP contribution in [0, 0.1) is 0 Å². The van der Waals surface area contributed by atoms with Crippen molar-refractivity contribution in [3.05, 3.63) is 108 Å². The summed E-state index contributed by atoms with van der Waals surface area (Å²) in [6.45, 7) is 13.4. The van der Waals surface area contributed by atoms with Crippen LogP contribution in [0.4, 0.5) is 0 Å². The summed E-state index contributed by atoms with van der Waals surface area (Å²) in [5.41, 5.74) is 9.14. The minimum absolute atomic E-state index is 0.0777. The van der Waals surface area contributed by atoms with Gasteiger partial charge < -0.3 is 0 Å². The van der Waals surface area contributed by atoms with E-state index in [9.17, 15) is 0 Å². The lowest BCUT2D eigenvalue weighted by atomic mass is 9.86. The molecule has 0 amide bonds. The highest BCUT2D eigenvalue weighted by Gasteiger charge is 2.16. The van der Waals surface area contributed by atoms with Gasteiger partial charge in [0.2, 0.25) is 0 Å². The molecule has 0 radical (unpaired) electrons. The van der Waals surface area contributed by atoms with Gasteiger partial charge in [-0.15, -0.1) is 0 Å². The second-order valence-corrected chi connectivity index (χ2v) is 11.7. The molecule has 0 bridgehead atoms. The van der Waals surface area contributed by atoms with Crippen molar-refractivity contribution in [2.45, 2.75) is 52.4 Å². The van der Waals surface area contributed by atoms with E-state index < -0.39 is 0 Å². The van der Waals surface area contributed by atoms with E-state index in [4.69, 9.17) is 9.97 Å². The Bertz CT molecular complexity index is 1550. The van der Waals surface area contributed by atoms with Gasteiger partial charge in [-0.2, -0.15) is 0 Å². The first-order chi connectivity index (χ1) is 17.1. The lowest BCUT2D eigenvalue weighted by Crippen LogP contribution is -2.11. The Kier molecular flexibility index (Phi) is 6.00. The van der Waals surface area contributed by atoms with Gasteiger partial charge in [-0.1, -0.05) is 96.1 Å². The van der Waals surface area contributed by atoms with Gasteiger partial charge in [0.25, 0.3) is 0 Å². The van der Waals surface area contributed by atoms with E-state index in [0.29, 0.717) is 0 Å². The number of hydrogen-bond acceptors (Lipinski definition) is 2. The van der Waals surface area contributed by atoms with Gasteiger partial charge >= 0.3 is 0 Å². The average Bonchev–Trinajstić information content (AvgIpc) is 2.87. The summed E-state index contributed by atoms with van der Waals surface area (Å²) in [4.78, 5) is 9.82. The van der Waals surface area contributed by atoms with Crippen LogP contribution in [-0.4, -0.2) is 9.97 Å². The molecule has 2 aromatic heterocycles. The maximum absolute atomic E-state index is 5.12. The highest BCUT2D eigenvalue weighted by Crippen LogP contribution is 2.34. The summed E-state index contributed by atoms with van der Waals surface area (Å²) in [6.07, 6.45) is 1.92. The van der Waals surface area contributed by atoms with Crippen LogP contribution in [-0.2, 0) is 10.8 Å². The number of fused-ring (bicyclic) bond motifs is 1. The van der Waals surface area contributed by atoms with Gasteiger partial charge in [-0.3, -0.25) is 4.98 Å². The molecule has 2 heterocycles. The standard InChI is InChI=1S/C34H34N2/c1-33(2,3)26-12-7-11-24(20-26)30-14-9-15-31(36-30)28-13-8-10-23-16-17-25(21-29(23)28)32-22-27(18-19-35-32)34(4,5)6/h7-22H,1-6H3. The van der Waals surface area contributed by atoms with Gasteiger partial charge in [0.05, 0.1) is 17.1 Å². The van der Waals surface area contributed by atoms with E-state index in [0.717, 1.165) is 33.8 Å². The largest absolute Gasteiger partial charge is 0.256 e. The zero-order valence-corrected chi connectivity index (χ0v) is 22.1. The fraction of sp³-hybridized carbons (Fsp3) is 0.235. The molecule has 36 heavy (non-hydrogen) atoms. The molecule has 0 saturated carbocycles. The third-order valence-electron chi connectivity index (χ3n) is 6.85. The Balaban J connectivity index is 1.61. The highest BCUT2D eigenvalue weighted by molar-refractivity contribution is 5.98. The maximum Gasteiger partial charge on any atom is 0.0715 e. The van der Waals surface area contributed by atoms with Crippen LogP contribution in [0.3, 0.4) is 0 Å². The van der Waals surface area contributed by atoms with Crippen LogP contribution in [0.15, 0.2) is 97.2 Å². The van der Waals surface area contributed by atoms with E-state index in [1.807, 2.05) is 6.20 Å². The smallest absolute Gasteiger partial charge is 0.0715 e. The molecular formula is C34H34N2. The Morgan fingerprint density at radius 2 is 1.19 bits per heavy atom. The van der Waals surface area contributed by atoms with E-state index >= 15 is 0 Å². The summed E-state index contributed by atoms with van der Waals surface area (Å²) in [6, 6.07) is 32.5. The number of pyridine rings is 2. The SMILES string of the molecule is CC(C)(C)c1cccc(-c2cccc(-c3cccc4ccc(-c5cc(C(C)(C)C)ccn5)cc34)n2)c1. The quantitative estimate of drug-likeness (QED) is 0.263. The summed E-state index contributed by atoms with van der Waals surface area (Å²) in [5.74, 6) is 0. The molecule has 2 nitrogen and oxygen atoms in total. The lowest BCUT2D eigenvalue weighted by Gasteiger charge is -2.20. The topological polar surface area (TPSA) is 25.8 Å². The van der Waals surface area contributed by atoms with Crippen molar-refractivity contribution in [2.24, 2.45) is 0 Å². The molecule has 5 aromatic rings. The number of rotatable bonds is 3. The van der Waals surface area contributed by atoms with Gasteiger partial charge in [-0.05, 0) is 69.1 Å². The zero-order valence-electron chi connectivity index (χ0n) is 22.1. The molecule has 0 aliphatic rings. The Hall–Kier alpha value is -3.78. The summed E-state index contributed by atoms with van der Waals surface area (Å²) >= 11 is 0. The second-order valence-electron chi connectivity index (χ2n) is 11.7. The van der Waals surface area contributed by atoms with Gasteiger partial charge in [0.15, 0.2) is 0 Å². The van der Waals surface area contributed by atoms with Crippen LogP contribution in [0.2, 0.25) is 0 Å². The maximum atomic E-state index is 5.12. The number of hydrogen-bond donors (Lipinski definition) is 0. The summed E-state index contributed by atoms with van der Waals surface area (Å²) in [5, 5.41) is 2.39. The minimum atomic E-state index is 0.0777. The van der Waals surface area contributed by atoms with Crippen molar-refractivity contribution in [3.63, 3.8) is 0 Å². The van der Waals surface area contributed by atoms with Gasteiger partial charge in [0.1, 0.15) is 0 Å². The van der Waals surface area contributed by atoms with E-state index in [-0.39, 0.29) is 10.8 Å². The lowest BCUT2D eigenvalue weighted by molar-refractivity contribution is 0.589. The molecule has 3 aromatic carbocycles. The fourth-order valence-corrected chi connectivity index (χ4v) is 4.60. The third kappa shape index (κ3) is 4.81. The van der Waals surface area contributed by atoms with Crippen molar-refractivity contribution in [2.75, 3.05) is 0 Å². The molecule has 0 saturated heterocycles. The van der Waals surface area contributed by atoms with Crippen molar-refractivity contribution in [3.8, 4) is 33.8 Å². The van der Waals surface area contributed by atoms with E-state index in [1.54, 1.807) is 0 Å². The first-order valence-corrected chi connectivity index (χ1v) is 12.7. The molecule has 2 heteroatoms. The zero-order chi connectivity index (χ0) is 25.5. The summed E-state index contributed by atoms with van der Waals surface area (Å²) in [7, 11) is 0. The first-order valence-electron chi connectivity index (χ1n) is 12.7. The van der Waals surface area contributed by atoms with Crippen LogP contribution in [0.5, 0.6) is 0 Å². The van der Waals surface area contributed by atoms with Crippen LogP contribution in [0.25, 0.3) is 44.5 Å². The molecule has 0 N–H and O–H groups in total. The van der Waals surface area contributed by atoms with Crippen molar-refractivity contribution >= 4 is 10.8 Å².